The molecule has 1 N–H and O–H groups in total. The summed E-state index contributed by atoms with van der Waals surface area (Å²) >= 11 is 0. The van der Waals surface area contributed by atoms with Gasteiger partial charge in [0.15, 0.2) is 0 Å². The highest BCUT2D eigenvalue weighted by Crippen LogP contribution is 2.31. The van der Waals surface area contributed by atoms with Gasteiger partial charge in [0.1, 0.15) is 0 Å². The minimum Gasteiger partial charge on any atom is -0.481 e. The van der Waals surface area contributed by atoms with E-state index in [0.29, 0.717) is 18.4 Å². The first-order chi connectivity index (χ1) is 9.88. The highest BCUT2D eigenvalue weighted by molar-refractivity contribution is 5.67. The first kappa shape index (κ1) is 16.0. The number of carbonyl (C=O) groups is 1. The number of aliphatic carboxylic acids is 1. The van der Waals surface area contributed by atoms with Crippen LogP contribution in [0.15, 0.2) is 12.1 Å². The van der Waals surface area contributed by atoms with Crippen molar-refractivity contribution >= 4 is 5.97 Å². The molecule has 0 amide bonds. The van der Waals surface area contributed by atoms with Gasteiger partial charge in [-0.15, -0.1) is 0 Å². The highest BCUT2D eigenvalue weighted by atomic mass is 16.4. The molecule has 116 valence electrons. The molecular weight excluding hydrogens is 262 g/mol. The quantitative estimate of drug-likeness (QED) is 0.915. The topological polar surface area (TPSA) is 40.5 Å². The Balaban J connectivity index is 2.16. The summed E-state index contributed by atoms with van der Waals surface area (Å²) in [5, 5.41) is 9.01. The Hall–Kier alpha value is -1.35. The van der Waals surface area contributed by atoms with Gasteiger partial charge >= 0.3 is 5.97 Å². The zero-order chi connectivity index (χ0) is 15.6. The van der Waals surface area contributed by atoms with Crippen molar-refractivity contribution < 1.29 is 9.90 Å². The SMILES string of the molecule is Cc1cc(C)c(C(C)N2CCCC(CC(=O)O)C2)c(C)c1. The second-order valence-electron chi connectivity index (χ2n) is 6.59. The fourth-order valence-electron chi connectivity index (χ4n) is 3.90. The first-order valence-corrected chi connectivity index (χ1v) is 7.92. The number of carboxylic acids is 1. The molecule has 3 heteroatoms. The van der Waals surface area contributed by atoms with E-state index in [1.165, 1.54) is 22.3 Å². The molecular formula is C18H27NO2. The summed E-state index contributed by atoms with van der Waals surface area (Å²) in [5.41, 5.74) is 5.42. The predicted molar refractivity (Wildman–Crippen MR) is 85.6 cm³/mol. The second kappa shape index (κ2) is 6.61. The van der Waals surface area contributed by atoms with Crippen LogP contribution in [0.5, 0.6) is 0 Å². The fourth-order valence-corrected chi connectivity index (χ4v) is 3.90. The van der Waals surface area contributed by atoms with Gasteiger partial charge in [-0.1, -0.05) is 17.7 Å². The average Bonchev–Trinajstić information content (AvgIpc) is 2.36. The van der Waals surface area contributed by atoms with Crippen LogP contribution in [0.25, 0.3) is 0 Å². The molecule has 21 heavy (non-hydrogen) atoms. The Morgan fingerprint density at radius 2 is 1.95 bits per heavy atom. The van der Waals surface area contributed by atoms with Crippen LogP contribution < -0.4 is 0 Å². The van der Waals surface area contributed by atoms with Crippen molar-refractivity contribution in [2.45, 2.75) is 53.0 Å². The number of rotatable bonds is 4. The molecule has 0 aromatic heterocycles. The van der Waals surface area contributed by atoms with Gasteiger partial charge in [-0.05, 0) is 69.7 Å². The van der Waals surface area contributed by atoms with Gasteiger partial charge in [0.25, 0.3) is 0 Å². The molecule has 0 bridgehead atoms. The molecule has 2 rings (SSSR count). The summed E-state index contributed by atoms with van der Waals surface area (Å²) in [5.74, 6) is -0.373. The number of hydrogen-bond donors (Lipinski definition) is 1. The Morgan fingerprint density at radius 1 is 1.33 bits per heavy atom. The molecule has 1 saturated heterocycles. The van der Waals surface area contributed by atoms with Crippen molar-refractivity contribution in [1.29, 1.82) is 0 Å². The number of piperidine rings is 1. The van der Waals surface area contributed by atoms with Crippen molar-refractivity contribution in [1.82, 2.24) is 4.90 Å². The van der Waals surface area contributed by atoms with Crippen LogP contribution in [0.3, 0.4) is 0 Å². The molecule has 0 aliphatic carbocycles. The van der Waals surface area contributed by atoms with Crippen LogP contribution in [-0.4, -0.2) is 29.1 Å². The summed E-state index contributed by atoms with van der Waals surface area (Å²) < 4.78 is 0. The third-order valence-corrected chi connectivity index (χ3v) is 4.72. The van der Waals surface area contributed by atoms with E-state index in [0.717, 1.165) is 25.9 Å². The smallest absolute Gasteiger partial charge is 0.303 e. The van der Waals surface area contributed by atoms with E-state index in [1.54, 1.807) is 0 Å². The van der Waals surface area contributed by atoms with E-state index in [4.69, 9.17) is 5.11 Å². The zero-order valence-corrected chi connectivity index (χ0v) is 13.6. The van der Waals surface area contributed by atoms with Crippen LogP contribution in [0.4, 0.5) is 0 Å². The number of carboxylic acid groups (broad SMARTS) is 1. The van der Waals surface area contributed by atoms with E-state index >= 15 is 0 Å². The van der Waals surface area contributed by atoms with Crippen LogP contribution in [0.2, 0.25) is 0 Å². The Morgan fingerprint density at radius 3 is 2.52 bits per heavy atom. The monoisotopic (exact) mass is 289 g/mol. The maximum atomic E-state index is 10.9. The third-order valence-electron chi connectivity index (χ3n) is 4.72. The molecule has 0 spiro atoms. The summed E-state index contributed by atoms with van der Waals surface area (Å²) in [6.07, 6.45) is 2.45. The van der Waals surface area contributed by atoms with Crippen LogP contribution in [0.1, 0.15) is 54.5 Å². The maximum absolute atomic E-state index is 10.9. The molecule has 1 aliphatic heterocycles. The lowest BCUT2D eigenvalue weighted by Crippen LogP contribution is -2.38. The second-order valence-corrected chi connectivity index (χ2v) is 6.59. The van der Waals surface area contributed by atoms with Crippen molar-refractivity contribution in [3.05, 3.63) is 34.4 Å². The van der Waals surface area contributed by atoms with Gasteiger partial charge in [-0.2, -0.15) is 0 Å². The van der Waals surface area contributed by atoms with Gasteiger partial charge in [0.2, 0.25) is 0 Å². The average molecular weight is 289 g/mol. The normalized spacial score (nSPS) is 21.2. The number of hydrogen-bond acceptors (Lipinski definition) is 2. The summed E-state index contributed by atoms with van der Waals surface area (Å²) in [7, 11) is 0. The van der Waals surface area contributed by atoms with Crippen LogP contribution >= 0.6 is 0 Å². The van der Waals surface area contributed by atoms with Gasteiger partial charge in [0.05, 0.1) is 0 Å². The van der Waals surface area contributed by atoms with Crippen molar-refractivity contribution in [2.24, 2.45) is 5.92 Å². The minimum absolute atomic E-state index is 0.296. The first-order valence-electron chi connectivity index (χ1n) is 7.92. The van der Waals surface area contributed by atoms with Crippen LogP contribution in [-0.2, 0) is 4.79 Å². The fraction of sp³-hybridized carbons (Fsp3) is 0.611. The lowest BCUT2D eigenvalue weighted by molar-refractivity contribution is -0.138. The van der Waals surface area contributed by atoms with Crippen LogP contribution in [0, 0.1) is 26.7 Å². The highest BCUT2D eigenvalue weighted by Gasteiger charge is 2.27. The standard InChI is InChI=1S/C18H27NO2/c1-12-8-13(2)18(14(3)9-12)15(4)19-7-5-6-16(11-19)10-17(20)21/h8-9,15-16H,5-7,10-11H2,1-4H3,(H,20,21). The van der Waals surface area contributed by atoms with Gasteiger partial charge in [-0.3, -0.25) is 9.69 Å². The third kappa shape index (κ3) is 3.85. The van der Waals surface area contributed by atoms with Crippen molar-refractivity contribution in [3.8, 4) is 0 Å². The minimum atomic E-state index is -0.669. The van der Waals surface area contributed by atoms with Gasteiger partial charge < -0.3 is 5.11 Å². The molecule has 0 radical (unpaired) electrons. The molecule has 3 nitrogen and oxygen atoms in total. The largest absolute Gasteiger partial charge is 0.481 e. The van der Waals surface area contributed by atoms with E-state index in [2.05, 4.69) is 44.7 Å². The lowest BCUT2D eigenvalue weighted by atomic mass is 9.90. The Bertz CT molecular complexity index is 501. The Labute approximate surface area is 128 Å². The molecule has 1 aromatic carbocycles. The number of nitrogens with zero attached hydrogens (tertiary/aromatic N) is 1. The number of likely N-dealkylation sites (tertiary alicyclic amines) is 1. The van der Waals surface area contributed by atoms with E-state index in [-0.39, 0.29) is 0 Å². The summed E-state index contributed by atoms with van der Waals surface area (Å²) in [4.78, 5) is 13.4. The number of aryl methyl sites for hydroxylation is 3. The molecule has 1 fully saturated rings. The van der Waals surface area contributed by atoms with E-state index in [9.17, 15) is 4.79 Å². The summed E-state index contributed by atoms with van der Waals surface area (Å²) in [6.45, 7) is 10.7. The van der Waals surface area contributed by atoms with Crippen molar-refractivity contribution in [2.75, 3.05) is 13.1 Å². The lowest BCUT2D eigenvalue weighted by Gasteiger charge is -2.37. The van der Waals surface area contributed by atoms with E-state index in [1.807, 2.05) is 0 Å². The zero-order valence-electron chi connectivity index (χ0n) is 13.6. The van der Waals surface area contributed by atoms with Gasteiger partial charge in [-0.25, -0.2) is 0 Å². The molecule has 1 heterocycles. The predicted octanol–water partition coefficient (Wildman–Crippen LogP) is 3.86. The molecule has 2 unspecified atom stereocenters. The van der Waals surface area contributed by atoms with Crippen molar-refractivity contribution in [3.63, 3.8) is 0 Å². The molecule has 1 aromatic rings. The Kier molecular flexibility index (Phi) is 5.04. The molecule has 2 atom stereocenters. The summed E-state index contributed by atoms with van der Waals surface area (Å²) in [6, 6.07) is 4.86. The molecule has 1 aliphatic rings. The maximum Gasteiger partial charge on any atom is 0.303 e. The molecule has 0 saturated carbocycles. The van der Waals surface area contributed by atoms with Gasteiger partial charge in [0, 0.05) is 19.0 Å². The number of benzene rings is 1. The van der Waals surface area contributed by atoms with E-state index < -0.39 is 5.97 Å².